The van der Waals surface area contributed by atoms with Crippen LogP contribution in [0.3, 0.4) is 0 Å². The van der Waals surface area contributed by atoms with Crippen molar-refractivity contribution in [3.8, 4) is 0 Å². The Bertz CT molecular complexity index is 599. The van der Waals surface area contributed by atoms with Crippen LogP contribution in [0.2, 0.25) is 0 Å². The number of nitro groups is 1. The fourth-order valence-electron chi connectivity index (χ4n) is 1.71. The summed E-state index contributed by atoms with van der Waals surface area (Å²) < 4.78 is 23.0. The van der Waals surface area contributed by atoms with Gasteiger partial charge in [0.15, 0.2) is 9.84 Å². The van der Waals surface area contributed by atoms with Gasteiger partial charge in [0.1, 0.15) is 10.6 Å². The average molecular weight is 271 g/mol. The molecule has 0 radical (unpaired) electrons. The zero-order valence-electron chi connectivity index (χ0n) is 9.66. The number of nitrogens with zero attached hydrogens (tertiary/aromatic N) is 1. The van der Waals surface area contributed by atoms with Gasteiger partial charge in [-0.05, 0) is 18.6 Å². The average Bonchev–Trinajstić information content (AvgIpc) is 2.92. The first-order valence-corrected chi connectivity index (χ1v) is 7.19. The third-order valence-electron chi connectivity index (χ3n) is 2.76. The summed E-state index contributed by atoms with van der Waals surface area (Å²) in [5.74, 6) is 0. The molecular formula is C10H13N3O4S. The van der Waals surface area contributed by atoms with Crippen molar-refractivity contribution in [2.75, 3.05) is 11.6 Å². The van der Waals surface area contributed by atoms with E-state index in [1.165, 1.54) is 18.2 Å². The number of benzene rings is 1. The second-order valence-electron chi connectivity index (χ2n) is 4.33. The summed E-state index contributed by atoms with van der Waals surface area (Å²) >= 11 is 0. The zero-order valence-corrected chi connectivity index (χ0v) is 10.5. The van der Waals surface area contributed by atoms with Crippen molar-refractivity contribution in [1.29, 1.82) is 0 Å². The molecule has 0 heterocycles. The van der Waals surface area contributed by atoms with Gasteiger partial charge in [-0.3, -0.25) is 10.1 Å². The van der Waals surface area contributed by atoms with Crippen LogP contribution in [-0.4, -0.2) is 31.7 Å². The Labute approximate surface area is 104 Å². The van der Waals surface area contributed by atoms with Crippen LogP contribution in [0.1, 0.15) is 6.42 Å². The summed E-state index contributed by atoms with van der Waals surface area (Å²) in [6.07, 6.45) is 1.67. The van der Waals surface area contributed by atoms with Crippen molar-refractivity contribution in [2.45, 2.75) is 23.4 Å². The number of anilines is 1. The molecular weight excluding hydrogens is 258 g/mol. The second-order valence-corrected chi connectivity index (χ2v) is 6.32. The lowest BCUT2D eigenvalue weighted by atomic mass is 10.2. The summed E-state index contributed by atoms with van der Waals surface area (Å²) in [6.45, 7) is 0. The van der Waals surface area contributed by atoms with E-state index < -0.39 is 20.4 Å². The molecule has 1 fully saturated rings. The Kier molecular flexibility index (Phi) is 2.99. The first-order valence-electron chi connectivity index (χ1n) is 5.30. The minimum atomic E-state index is -3.64. The molecule has 2 atom stereocenters. The van der Waals surface area contributed by atoms with Gasteiger partial charge in [-0.15, -0.1) is 0 Å². The second kappa shape index (κ2) is 4.21. The van der Waals surface area contributed by atoms with Crippen molar-refractivity contribution in [2.24, 2.45) is 5.73 Å². The van der Waals surface area contributed by atoms with Crippen LogP contribution >= 0.6 is 0 Å². The highest BCUT2D eigenvalue weighted by molar-refractivity contribution is 7.90. The van der Waals surface area contributed by atoms with Gasteiger partial charge >= 0.3 is 5.69 Å². The Morgan fingerprint density at radius 2 is 2.11 bits per heavy atom. The number of para-hydroxylation sites is 1. The van der Waals surface area contributed by atoms with Crippen LogP contribution in [0.4, 0.5) is 11.4 Å². The van der Waals surface area contributed by atoms with Crippen LogP contribution in [0.5, 0.6) is 0 Å². The molecule has 7 nitrogen and oxygen atoms in total. The lowest BCUT2D eigenvalue weighted by Gasteiger charge is -2.08. The SMILES string of the molecule is CS(=O)(=O)c1cccc(NC2CC2N)c1[N+](=O)[O-]. The van der Waals surface area contributed by atoms with E-state index in [9.17, 15) is 18.5 Å². The van der Waals surface area contributed by atoms with Crippen LogP contribution in [-0.2, 0) is 9.84 Å². The molecule has 1 saturated carbocycles. The molecule has 1 aromatic rings. The molecule has 0 spiro atoms. The normalized spacial score (nSPS) is 22.6. The number of nitro benzene ring substituents is 1. The minimum absolute atomic E-state index is 0.0292. The number of nitrogens with two attached hydrogens (primary N) is 1. The molecule has 0 amide bonds. The first kappa shape index (κ1) is 12.8. The topological polar surface area (TPSA) is 115 Å². The maximum Gasteiger partial charge on any atom is 0.310 e. The Morgan fingerprint density at radius 3 is 2.56 bits per heavy atom. The number of rotatable bonds is 4. The molecule has 0 aromatic heterocycles. The molecule has 8 heteroatoms. The number of hydrogen-bond donors (Lipinski definition) is 2. The fraction of sp³-hybridized carbons (Fsp3) is 0.400. The summed E-state index contributed by atoms with van der Waals surface area (Å²) in [5, 5.41) is 13.9. The van der Waals surface area contributed by atoms with Gasteiger partial charge in [-0.2, -0.15) is 0 Å². The van der Waals surface area contributed by atoms with Gasteiger partial charge in [0.2, 0.25) is 0 Å². The summed E-state index contributed by atoms with van der Waals surface area (Å²) in [4.78, 5) is 10.1. The predicted octanol–water partition coefficient (Wildman–Crippen LogP) is 0.510. The highest BCUT2D eigenvalue weighted by Crippen LogP contribution is 2.35. The van der Waals surface area contributed by atoms with E-state index in [0.29, 0.717) is 0 Å². The Morgan fingerprint density at radius 1 is 1.50 bits per heavy atom. The van der Waals surface area contributed by atoms with Gasteiger partial charge in [0.05, 0.1) is 4.92 Å². The van der Waals surface area contributed by atoms with E-state index in [4.69, 9.17) is 5.73 Å². The van der Waals surface area contributed by atoms with Crippen molar-refractivity contribution < 1.29 is 13.3 Å². The zero-order chi connectivity index (χ0) is 13.5. The van der Waals surface area contributed by atoms with Gasteiger partial charge < -0.3 is 11.1 Å². The number of nitrogens with one attached hydrogen (secondary N) is 1. The number of sulfone groups is 1. The van der Waals surface area contributed by atoms with Crippen LogP contribution in [0.25, 0.3) is 0 Å². The van der Waals surface area contributed by atoms with E-state index in [1.807, 2.05) is 0 Å². The third kappa shape index (κ3) is 2.44. The molecule has 2 rings (SSSR count). The van der Waals surface area contributed by atoms with E-state index in [0.717, 1.165) is 12.7 Å². The highest BCUT2D eigenvalue weighted by Gasteiger charge is 2.36. The largest absolute Gasteiger partial charge is 0.375 e. The van der Waals surface area contributed by atoms with Crippen molar-refractivity contribution in [3.05, 3.63) is 28.3 Å². The number of hydrogen-bond acceptors (Lipinski definition) is 6. The Balaban J connectivity index is 2.49. The lowest BCUT2D eigenvalue weighted by molar-refractivity contribution is -0.386. The lowest BCUT2D eigenvalue weighted by Crippen LogP contribution is -2.15. The predicted molar refractivity (Wildman–Crippen MR) is 66.2 cm³/mol. The van der Waals surface area contributed by atoms with E-state index >= 15 is 0 Å². The molecule has 0 aliphatic heterocycles. The molecule has 0 saturated heterocycles. The van der Waals surface area contributed by atoms with Gasteiger partial charge in [-0.25, -0.2) is 8.42 Å². The standard InChI is InChI=1S/C10H13N3O4S/c1-18(16,17)9-4-2-3-7(10(9)13(14)15)12-8-5-6(8)11/h2-4,6,8,12H,5,11H2,1H3. The summed E-state index contributed by atoms with van der Waals surface area (Å²) in [7, 11) is -3.64. The molecule has 98 valence electrons. The molecule has 2 unspecified atom stereocenters. The van der Waals surface area contributed by atoms with Crippen LogP contribution < -0.4 is 11.1 Å². The molecule has 1 aliphatic rings. The van der Waals surface area contributed by atoms with Gasteiger partial charge in [-0.1, -0.05) is 6.07 Å². The van der Waals surface area contributed by atoms with Gasteiger partial charge in [0, 0.05) is 18.3 Å². The fourth-order valence-corrected chi connectivity index (χ4v) is 2.57. The summed E-state index contributed by atoms with van der Waals surface area (Å²) in [6, 6.07) is 4.12. The maximum absolute atomic E-state index is 11.5. The summed E-state index contributed by atoms with van der Waals surface area (Å²) in [5.41, 5.74) is 5.39. The van der Waals surface area contributed by atoms with Crippen molar-refractivity contribution in [3.63, 3.8) is 0 Å². The van der Waals surface area contributed by atoms with E-state index in [1.54, 1.807) is 0 Å². The van der Waals surface area contributed by atoms with Crippen LogP contribution in [0, 0.1) is 10.1 Å². The monoisotopic (exact) mass is 271 g/mol. The molecule has 18 heavy (non-hydrogen) atoms. The molecule has 0 bridgehead atoms. The van der Waals surface area contributed by atoms with Crippen molar-refractivity contribution in [1.82, 2.24) is 0 Å². The molecule has 1 aromatic carbocycles. The van der Waals surface area contributed by atoms with Crippen LogP contribution in [0.15, 0.2) is 23.1 Å². The Hall–Kier alpha value is -1.67. The van der Waals surface area contributed by atoms with Crippen molar-refractivity contribution >= 4 is 21.2 Å². The molecule has 3 N–H and O–H groups in total. The smallest absolute Gasteiger partial charge is 0.310 e. The third-order valence-corrected chi connectivity index (χ3v) is 3.89. The van der Waals surface area contributed by atoms with E-state index in [2.05, 4.69) is 5.32 Å². The minimum Gasteiger partial charge on any atom is -0.375 e. The highest BCUT2D eigenvalue weighted by atomic mass is 32.2. The quantitative estimate of drug-likeness (QED) is 0.609. The first-order chi connectivity index (χ1) is 8.30. The van der Waals surface area contributed by atoms with Gasteiger partial charge in [0.25, 0.3) is 0 Å². The molecule has 1 aliphatic carbocycles. The van der Waals surface area contributed by atoms with E-state index in [-0.39, 0.29) is 22.7 Å². The maximum atomic E-state index is 11.5.